The number of ether oxygens (including phenoxy) is 3. The van der Waals surface area contributed by atoms with E-state index in [0.29, 0.717) is 13.2 Å². The molecule has 0 saturated carbocycles. The fraction of sp³-hybridized carbons (Fsp3) is 0.600. The molecule has 5 heteroatoms. The predicted octanol–water partition coefficient (Wildman–Crippen LogP) is 1.75. The van der Waals surface area contributed by atoms with Gasteiger partial charge in [-0.1, -0.05) is 13.0 Å². The fourth-order valence-electron chi connectivity index (χ4n) is 2.04. The largest absolute Gasteiger partial charge is 0.493 e. The molecule has 1 aromatic carbocycles. The summed E-state index contributed by atoms with van der Waals surface area (Å²) in [5, 5.41) is 12.1. The van der Waals surface area contributed by atoms with E-state index >= 15 is 0 Å². The van der Waals surface area contributed by atoms with Gasteiger partial charge in [-0.3, -0.25) is 0 Å². The molecule has 2 N–H and O–H groups in total. The molecule has 0 saturated heterocycles. The van der Waals surface area contributed by atoms with E-state index in [1.54, 1.807) is 14.2 Å². The summed E-state index contributed by atoms with van der Waals surface area (Å²) in [6.45, 7) is 3.90. The Balaban J connectivity index is 2.60. The maximum Gasteiger partial charge on any atom is 0.161 e. The van der Waals surface area contributed by atoms with E-state index in [9.17, 15) is 0 Å². The predicted molar refractivity (Wildman–Crippen MR) is 78.5 cm³/mol. The molecule has 5 nitrogen and oxygen atoms in total. The number of hydrogen-bond donors (Lipinski definition) is 2. The van der Waals surface area contributed by atoms with E-state index in [4.69, 9.17) is 19.3 Å². The number of nitrogens with one attached hydrogen (secondary N) is 1. The SMILES string of the molecule is CCC(NCCOCCO)c1ccc(OC)c(OC)c1. The van der Waals surface area contributed by atoms with Crippen LogP contribution in [0.4, 0.5) is 0 Å². The van der Waals surface area contributed by atoms with Crippen molar-refractivity contribution in [2.75, 3.05) is 40.6 Å². The van der Waals surface area contributed by atoms with Crippen LogP contribution in [0.1, 0.15) is 24.9 Å². The van der Waals surface area contributed by atoms with Crippen LogP contribution >= 0.6 is 0 Å². The number of benzene rings is 1. The maximum atomic E-state index is 8.63. The monoisotopic (exact) mass is 283 g/mol. The Labute approximate surface area is 120 Å². The van der Waals surface area contributed by atoms with Crippen LogP contribution in [0.15, 0.2) is 18.2 Å². The van der Waals surface area contributed by atoms with E-state index in [2.05, 4.69) is 12.2 Å². The molecule has 0 amide bonds. The first-order valence-electron chi connectivity index (χ1n) is 6.90. The lowest BCUT2D eigenvalue weighted by Gasteiger charge is -2.19. The minimum atomic E-state index is 0.0624. The van der Waals surface area contributed by atoms with Crippen molar-refractivity contribution in [3.8, 4) is 11.5 Å². The van der Waals surface area contributed by atoms with Gasteiger partial charge in [0.25, 0.3) is 0 Å². The summed E-state index contributed by atoms with van der Waals surface area (Å²) in [6.07, 6.45) is 0.968. The number of hydrogen-bond acceptors (Lipinski definition) is 5. The van der Waals surface area contributed by atoms with Gasteiger partial charge in [0.1, 0.15) is 0 Å². The van der Waals surface area contributed by atoms with Crippen LogP contribution in [-0.2, 0) is 4.74 Å². The third kappa shape index (κ3) is 5.00. The van der Waals surface area contributed by atoms with Crippen LogP contribution in [0.5, 0.6) is 11.5 Å². The third-order valence-electron chi connectivity index (χ3n) is 3.09. The van der Waals surface area contributed by atoms with Crippen LogP contribution < -0.4 is 14.8 Å². The van der Waals surface area contributed by atoms with Gasteiger partial charge in [-0.2, -0.15) is 0 Å². The van der Waals surface area contributed by atoms with Gasteiger partial charge in [-0.15, -0.1) is 0 Å². The Bertz CT molecular complexity index is 384. The lowest BCUT2D eigenvalue weighted by molar-refractivity contribution is 0.0925. The Kier molecular flexibility index (Phi) is 8.02. The summed E-state index contributed by atoms with van der Waals surface area (Å²) in [5.74, 6) is 1.47. The second-order valence-electron chi connectivity index (χ2n) is 4.37. The Morgan fingerprint density at radius 2 is 1.90 bits per heavy atom. The molecule has 0 aliphatic carbocycles. The zero-order valence-corrected chi connectivity index (χ0v) is 12.5. The van der Waals surface area contributed by atoms with E-state index in [1.807, 2.05) is 18.2 Å². The van der Waals surface area contributed by atoms with Gasteiger partial charge in [0.15, 0.2) is 11.5 Å². The number of aliphatic hydroxyl groups excluding tert-OH is 1. The highest BCUT2D eigenvalue weighted by molar-refractivity contribution is 5.43. The molecule has 0 spiro atoms. The molecule has 0 aliphatic heterocycles. The average Bonchev–Trinajstić information content (AvgIpc) is 2.50. The fourth-order valence-corrected chi connectivity index (χ4v) is 2.04. The van der Waals surface area contributed by atoms with Gasteiger partial charge in [0.05, 0.1) is 34.0 Å². The van der Waals surface area contributed by atoms with Crippen molar-refractivity contribution >= 4 is 0 Å². The van der Waals surface area contributed by atoms with Gasteiger partial charge in [0, 0.05) is 12.6 Å². The molecule has 0 aromatic heterocycles. The minimum absolute atomic E-state index is 0.0624. The quantitative estimate of drug-likeness (QED) is 0.641. The second-order valence-corrected chi connectivity index (χ2v) is 4.37. The van der Waals surface area contributed by atoms with Crippen LogP contribution in [0, 0.1) is 0 Å². The molecule has 1 atom stereocenters. The highest BCUT2D eigenvalue weighted by Gasteiger charge is 2.12. The number of methoxy groups -OCH3 is 2. The summed E-state index contributed by atoms with van der Waals surface area (Å²) in [5.41, 5.74) is 1.16. The van der Waals surface area contributed by atoms with Gasteiger partial charge >= 0.3 is 0 Å². The first-order chi connectivity index (χ1) is 9.76. The van der Waals surface area contributed by atoms with Crippen molar-refractivity contribution in [1.82, 2.24) is 5.32 Å². The minimum Gasteiger partial charge on any atom is -0.493 e. The molecule has 0 radical (unpaired) electrons. The van der Waals surface area contributed by atoms with E-state index in [-0.39, 0.29) is 12.6 Å². The maximum absolute atomic E-state index is 8.63. The molecule has 1 rings (SSSR count). The van der Waals surface area contributed by atoms with Crippen molar-refractivity contribution in [1.29, 1.82) is 0 Å². The lowest BCUT2D eigenvalue weighted by atomic mass is 10.0. The number of rotatable bonds is 10. The molecule has 114 valence electrons. The normalized spacial score (nSPS) is 12.2. The molecule has 0 heterocycles. The van der Waals surface area contributed by atoms with Crippen LogP contribution in [0.25, 0.3) is 0 Å². The van der Waals surface area contributed by atoms with Crippen molar-refractivity contribution < 1.29 is 19.3 Å². The molecule has 20 heavy (non-hydrogen) atoms. The van der Waals surface area contributed by atoms with Crippen molar-refractivity contribution in [2.24, 2.45) is 0 Å². The van der Waals surface area contributed by atoms with E-state index in [1.165, 1.54) is 0 Å². The summed E-state index contributed by atoms with van der Waals surface area (Å²) < 4.78 is 15.8. The second kappa shape index (κ2) is 9.58. The molecule has 1 aromatic rings. The van der Waals surface area contributed by atoms with Gasteiger partial charge < -0.3 is 24.6 Å². The molecular weight excluding hydrogens is 258 g/mol. The Hall–Kier alpha value is -1.30. The smallest absolute Gasteiger partial charge is 0.161 e. The molecular formula is C15H25NO4. The highest BCUT2D eigenvalue weighted by Crippen LogP contribution is 2.30. The summed E-state index contributed by atoms with van der Waals surface area (Å²) >= 11 is 0. The van der Waals surface area contributed by atoms with Crippen molar-refractivity contribution in [3.63, 3.8) is 0 Å². The third-order valence-corrected chi connectivity index (χ3v) is 3.09. The van der Waals surface area contributed by atoms with Gasteiger partial charge in [-0.05, 0) is 24.1 Å². The van der Waals surface area contributed by atoms with Crippen molar-refractivity contribution in [3.05, 3.63) is 23.8 Å². The van der Waals surface area contributed by atoms with Gasteiger partial charge in [-0.25, -0.2) is 0 Å². The molecule has 0 bridgehead atoms. The van der Waals surface area contributed by atoms with E-state index < -0.39 is 0 Å². The number of aliphatic hydroxyl groups is 1. The Morgan fingerprint density at radius 1 is 1.15 bits per heavy atom. The molecule has 1 unspecified atom stereocenters. The van der Waals surface area contributed by atoms with Crippen LogP contribution in [0.2, 0.25) is 0 Å². The van der Waals surface area contributed by atoms with Crippen molar-refractivity contribution in [2.45, 2.75) is 19.4 Å². The lowest BCUT2D eigenvalue weighted by Crippen LogP contribution is -2.25. The zero-order chi connectivity index (χ0) is 14.8. The van der Waals surface area contributed by atoms with Crippen LogP contribution in [0.3, 0.4) is 0 Å². The summed E-state index contributed by atoms with van der Waals surface area (Å²) in [6, 6.07) is 6.19. The molecule has 0 fully saturated rings. The summed E-state index contributed by atoms with van der Waals surface area (Å²) in [4.78, 5) is 0. The summed E-state index contributed by atoms with van der Waals surface area (Å²) in [7, 11) is 3.27. The van der Waals surface area contributed by atoms with E-state index in [0.717, 1.165) is 30.0 Å². The zero-order valence-electron chi connectivity index (χ0n) is 12.5. The Morgan fingerprint density at radius 3 is 2.50 bits per heavy atom. The standard InChI is InChI=1S/C15H25NO4/c1-4-13(16-7-9-20-10-8-17)12-5-6-14(18-2)15(11-12)19-3/h5-6,11,13,16-17H,4,7-10H2,1-3H3. The van der Waals surface area contributed by atoms with Crippen LogP contribution in [-0.4, -0.2) is 45.7 Å². The first kappa shape index (κ1) is 16.8. The topological polar surface area (TPSA) is 60.0 Å². The first-order valence-corrected chi connectivity index (χ1v) is 6.90. The highest BCUT2D eigenvalue weighted by atomic mass is 16.5. The van der Waals surface area contributed by atoms with Gasteiger partial charge in [0.2, 0.25) is 0 Å². The molecule has 0 aliphatic rings. The average molecular weight is 283 g/mol.